The van der Waals surface area contributed by atoms with Crippen LogP contribution in [-0.4, -0.2) is 38.4 Å². The highest BCUT2D eigenvalue weighted by molar-refractivity contribution is 5.92. The van der Waals surface area contributed by atoms with Gasteiger partial charge in [-0.3, -0.25) is 4.79 Å². The van der Waals surface area contributed by atoms with Crippen LogP contribution >= 0.6 is 0 Å². The van der Waals surface area contributed by atoms with E-state index in [-0.39, 0.29) is 17.9 Å². The number of ether oxygens (including phenoxy) is 1. The second kappa shape index (κ2) is 6.45. The molecule has 2 aromatic rings. The van der Waals surface area contributed by atoms with Crippen molar-refractivity contribution in [2.75, 3.05) is 11.9 Å². The standard InChI is InChI=1S/C16H21N5O2/c1-10-9-11(2)19-16(18-10)21-14(6-7-17-21)20-15(22)13-5-4-8-23-12(13)3/h6-7,9,12-13H,4-5,8H2,1-3H3,(H,20,22). The van der Waals surface area contributed by atoms with Crippen LogP contribution in [0.1, 0.15) is 31.2 Å². The molecule has 3 rings (SSSR count). The number of amides is 1. The third-order valence-corrected chi connectivity index (χ3v) is 4.00. The van der Waals surface area contributed by atoms with Crippen LogP contribution in [0.15, 0.2) is 18.3 Å². The molecule has 2 aromatic heterocycles. The summed E-state index contributed by atoms with van der Waals surface area (Å²) in [5, 5.41) is 7.16. The number of carbonyl (C=O) groups excluding carboxylic acids is 1. The molecule has 3 heterocycles. The van der Waals surface area contributed by atoms with Gasteiger partial charge in [-0.05, 0) is 39.7 Å². The molecule has 0 radical (unpaired) electrons. The summed E-state index contributed by atoms with van der Waals surface area (Å²) in [5.74, 6) is 0.823. The fourth-order valence-corrected chi connectivity index (χ4v) is 2.85. The maximum Gasteiger partial charge on any atom is 0.252 e. The van der Waals surface area contributed by atoms with E-state index in [4.69, 9.17) is 4.74 Å². The first kappa shape index (κ1) is 15.6. The monoisotopic (exact) mass is 315 g/mol. The molecule has 122 valence electrons. The number of nitrogens with zero attached hydrogens (tertiary/aromatic N) is 4. The van der Waals surface area contributed by atoms with E-state index in [9.17, 15) is 4.79 Å². The van der Waals surface area contributed by atoms with Gasteiger partial charge in [0.15, 0.2) is 0 Å². The molecule has 1 N–H and O–H groups in total. The molecule has 23 heavy (non-hydrogen) atoms. The average molecular weight is 315 g/mol. The maximum absolute atomic E-state index is 12.5. The van der Waals surface area contributed by atoms with Crippen LogP contribution < -0.4 is 5.32 Å². The number of hydrogen-bond donors (Lipinski definition) is 1. The molecule has 2 unspecified atom stereocenters. The lowest BCUT2D eigenvalue weighted by molar-refractivity contribution is -0.127. The van der Waals surface area contributed by atoms with Crippen LogP contribution in [-0.2, 0) is 9.53 Å². The van der Waals surface area contributed by atoms with Crippen molar-refractivity contribution in [3.63, 3.8) is 0 Å². The highest BCUT2D eigenvalue weighted by Crippen LogP contribution is 2.22. The first-order valence-corrected chi connectivity index (χ1v) is 7.84. The lowest BCUT2D eigenvalue weighted by Gasteiger charge is -2.27. The first-order valence-electron chi connectivity index (χ1n) is 7.84. The molecular formula is C16H21N5O2. The number of aromatic nitrogens is 4. The Morgan fingerprint density at radius 3 is 2.78 bits per heavy atom. The van der Waals surface area contributed by atoms with E-state index in [2.05, 4.69) is 20.4 Å². The van der Waals surface area contributed by atoms with Crippen molar-refractivity contribution in [3.05, 3.63) is 29.7 Å². The van der Waals surface area contributed by atoms with E-state index in [0.29, 0.717) is 11.8 Å². The number of aryl methyl sites for hydroxylation is 2. The Balaban J connectivity index is 1.82. The van der Waals surface area contributed by atoms with Crippen molar-refractivity contribution >= 4 is 11.7 Å². The quantitative estimate of drug-likeness (QED) is 0.937. The summed E-state index contributed by atoms with van der Waals surface area (Å²) in [5.41, 5.74) is 1.71. The van der Waals surface area contributed by atoms with Crippen LogP contribution in [0.3, 0.4) is 0 Å². The second-order valence-corrected chi connectivity index (χ2v) is 5.89. The maximum atomic E-state index is 12.5. The highest BCUT2D eigenvalue weighted by atomic mass is 16.5. The average Bonchev–Trinajstić information content (AvgIpc) is 2.94. The Morgan fingerprint density at radius 2 is 2.09 bits per heavy atom. The third kappa shape index (κ3) is 3.39. The minimum absolute atomic E-state index is 0.0525. The van der Waals surface area contributed by atoms with Crippen molar-refractivity contribution in [1.29, 1.82) is 0 Å². The van der Waals surface area contributed by atoms with Gasteiger partial charge >= 0.3 is 0 Å². The van der Waals surface area contributed by atoms with Crippen molar-refractivity contribution in [2.24, 2.45) is 5.92 Å². The van der Waals surface area contributed by atoms with Gasteiger partial charge in [0, 0.05) is 24.1 Å². The molecule has 0 aromatic carbocycles. The Hall–Kier alpha value is -2.28. The Kier molecular flexibility index (Phi) is 4.38. The molecule has 2 atom stereocenters. The summed E-state index contributed by atoms with van der Waals surface area (Å²) in [6, 6.07) is 3.64. The lowest BCUT2D eigenvalue weighted by Crippen LogP contribution is -2.36. The third-order valence-electron chi connectivity index (χ3n) is 4.00. The molecule has 7 nitrogen and oxygen atoms in total. The zero-order chi connectivity index (χ0) is 16.4. The molecule has 1 saturated heterocycles. The number of nitrogens with one attached hydrogen (secondary N) is 1. The molecule has 7 heteroatoms. The Morgan fingerprint density at radius 1 is 1.35 bits per heavy atom. The highest BCUT2D eigenvalue weighted by Gasteiger charge is 2.29. The molecule has 0 aliphatic carbocycles. The van der Waals surface area contributed by atoms with Crippen molar-refractivity contribution < 1.29 is 9.53 Å². The summed E-state index contributed by atoms with van der Waals surface area (Å²) in [4.78, 5) is 21.3. The van der Waals surface area contributed by atoms with Crippen LogP contribution in [0.2, 0.25) is 0 Å². The number of rotatable bonds is 3. The van der Waals surface area contributed by atoms with Crippen LogP contribution in [0.4, 0.5) is 5.82 Å². The zero-order valence-corrected chi connectivity index (χ0v) is 13.6. The van der Waals surface area contributed by atoms with Gasteiger partial charge in [-0.1, -0.05) is 0 Å². The molecule has 0 bridgehead atoms. The number of anilines is 1. The predicted octanol–water partition coefficient (Wildman–Crippen LogP) is 2.03. The minimum Gasteiger partial charge on any atom is -0.378 e. The SMILES string of the molecule is Cc1cc(C)nc(-n2nccc2NC(=O)C2CCCOC2C)n1. The van der Waals surface area contributed by atoms with Gasteiger partial charge in [-0.2, -0.15) is 9.78 Å². The van der Waals surface area contributed by atoms with E-state index < -0.39 is 0 Å². The van der Waals surface area contributed by atoms with Crippen LogP contribution in [0.25, 0.3) is 5.95 Å². The number of carbonyl (C=O) groups is 1. The summed E-state index contributed by atoms with van der Waals surface area (Å²) in [6.07, 6.45) is 3.29. The van der Waals surface area contributed by atoms with E-state index in [0.717, 1.165) is 30.8 Å². The summed E-state index contributed by atoms with van der Waals surface area (Å²) in [6.45, 7) is 6.47. The van der Waals surface area contributed by atoms with E-state index in [1.54, 1.807) is 16.9 Å². The van der Waals surface area contributed by atoms with E-state index in [1.807, 2.05) is 26.8 Å². The van der Waals surface area contributed by atoms with Gasteiger partial charge in [0.1, 0.15) is 5.82 Å². The fourth-order valence-electron chi connectivity index (χ4n) is 2.85. The molecule has 1 amide bonds. The lowest BCUT2D eigenvalue weighted by atomic mass is 9.94. The largest absolute Gasteiger partial charge is 0.378 e. The normalized spacial score (nSPS) is 21.2. The molecule has 1 fully saturated rings. The van der Waals surface area contributed by atoms with E-state index in [1.165, 1.54) is 0 Å². The minimum atomic E-state index is -0.146. The molecular weight excluding hydrogens is 294 g/mol. The van der Waals surface area contributed by atoms with Crippen LogP contribution in [0, 0.1) is 19.8 Å². The van der Waals surface area contributed by atoms with E-state index >= 15 is 0 Å². The van der Waals surface area contributed by atoms with Crippen LogP contribution in [0.5, 0.6) is 0 Å². The smallest absolute Gasteiger partial charge is 0.252 e. The Bertz CT molecular complexity index is 692. The van der Waals surface area contributed by atoms with Gasteiger partial charge in [-0.25, -0.2) is 9.97 Å². The van der Waals surface area contributed by atoms with Gasteiger partial charge in [0.25, 0.3) is 5.95 Å². The molecule has 0 spiro atoms. The Labute approximate surface area is 135 Å². The van der Waals surface area contributed by atoms with Gasteiger partial charge in [0.2, 0.25) is 5.91 Å². The molecule has 1 aliphatic rings. The second-order valence-electron chi connectivity index (χ2n) is 5.89. The van der Waals surface area contributed by atoms with Crippen molar-refractivity contribution in [1.82, 2.24) is 19.7 Å². The summed E-state index contributed by atoms with van der Waals surface area (Å²) in [7, 11) is 0. The van der Waals surface area contributed by atoms with Gasteiger partial charge in [-0.15, -0.1) is 0 Å². The van der Waals surface area contributed by atoms with Gasteiger partial charge in [0.05, 0.1) is 18.2 Å². The van der Waals surface area contributed by atoms with Crippen molar-refractivity contribution in [3.8, 4) is 5.95 Å². The van der Waals surface area contributed by atoms with Crippen molar-refractivity contribution in [2.45, 2.75) is 39.7 Å². The number of hydrogen-bond acceptors (Lipinski definition) is 5. The summed E-state index contributed by atoms with van der Waals surface area (Å²) >= 11 is 0. The molecule has 0 saturated carbocycles. The summed E-state index contributed by atoms with van der Waals surface area (Å²) < 4.78 is 7.12. The molecule has 1 aliphatic heterocycles. The topological polar surface area (TPSA) is 81.9 Å². The fraction of sp³-hybridized carbons (Fsp3) is 0.500. The van der Waals surface area contributed by atoms with Gasteiger partial charge < -0.3 is 10.1 Å². The first-order chi connectivity index (χ1) is 11.0. The zero-order valence-electron chi connectivity index (χ0n) is 13.6. The predicted molar refractivity (Wildman–Crippen MR) is 85.4 cm³/mol.